The number of furan rings is 1. The zero-order chi connectivity index (χ0) is 19.2. The summed E-state index contributed by atoms with van der Waals surface area (Å²) in [6.45, 7) is 1.71. The number of halogens is 5. The van der Waals surface area contributed by atoms with Crippen molar-refractivity contribution in [1.29, 1.82) is 0 Å². The second kappa shape index (κ2) is 6.42. The number of ketones is 1. The van der Waals surface area contributed by atoms with Gasteiger partial charge in [-0.3, -0.25) is 4.79 Å². The number of alkyl halides is 3. The highest BCUT2D eigenvalue weighted by Gasteiger charge is 2.36. The molecule has 0 saturated carbocycles. The zero-order valence-electron chi connectivity index (χ0n) is 13.2. The molecule has 1 aromatic heterocycles. The van der Waals surface area contributed by atoms with Gasteiger partial charge in [-0.05, 0) is 46.3 Å². The van der Waals surface area contributed by atoms with Gasteiger partial charge in [-0.25, -0.2) is 4.39 Å². The smallest absolute Gasteiger partial charge is 0.420 e. The van der Waals surface area contributed by atoms with Crippen LogP contribution in [0.4, 0.5) is 17.6 Å². The number of phenols is 1. The van der Waals surface area contributed by atoms with Crippen molar-refractivity contribution in [2.45, 2.75) is 19.5 Å². The van der Waals surface area contributed by atoms with E-state index < -0.39 is 29.1 Å². The number of carbonyl (C=O) groups is 1. The number of carbonyl (C=O) groups excluding carboxylic acids is 1. The molecule has 2 aromatic carbocycles. The molecule has 0 atom stereocenters. The van der Waals surface area contributed by atoms with Crippen molar-refractivity contribution >= 4 is 32.7 Å². The molecule has 0 aliphatic heterocycles. The lowest BCUT2D eigenvalue weighted by molar-refractivity contribution is -0.138. The SMILES string of the molecule is CCc1oc2ccc(F)cc2c1C(=O)c1cc(Br)c(O)c(C(F)(F)F)c1. The van der Waals surface area contributed by atoms with Crippen molar-refractivity contribution in [2.24, 2.45) is 0 Å². The Morgan fingerprint density at radius 2 is 1.92 bits per heavy atom. The number of benzene rings is 2. The minimum absolute atomic E-state index is 0.00714. The van der Waals surface area contributed by atoms with Gasteiger partial charge in [0.2, 0.25) is 0 Å². The Kier molecular flexibility index (Phi) is 4.56. The molecule has 0 aliphatic rings. The van der Waals surface area contributed by atoms with Crippen LogP contribution in [-0.2, 0) is 12.6 Å². The number of fused-ring (bicyclic) bond motifs is 1. The molecule has 0 fully saturated rings. The molecule has 0 saturated heterocycles. The minimum atomic E-state index is -4.85. The number of hydrogen-bond donors (Lipinski definition) is 1. The van der Waals surface area contributed by atoms with Crippen LogP contribution in [0.15, 0.2) is 39.2 Å². The van der Waals surface area contributed by atoms with Gasteiger partial charge >= 0.3 is 6.18 Å². The van der Waals surface area contributed by atoms with Gasteiger partial charge in [0.1, 0.15) is 22.9 Å². The Bertz CT molecular complexity index is 1020. The number of aromatic hydroxyl groups is 1. The first-order valence-electron chi connectivity index (χ1n) is 7.48. The van der Waals surface area contributed by atoms with Gasteiger partial charge in [0.05, 0.1) is 15.6 Å². The van der Waals surface area contributed by atoms with Crippen molar-refractivity contribution in [3.05, 3.63) is 63.1 Å². The quantitative estimate of drug-likeness (QED) is 0.418. The predicted molar refractivity (Wildman–Crippen MR) is 89.8 cm³/mol. The summed E-state index contributed by atoms with van der Waals surface area (Å²) in [6.07, 6.45) is -4.55. The van der Waals surface area contributed by atoms with Gasteiger partial charge < -0.3 is 9.52 Å². The summed E-state index contributed by atoms with van der Waals surface area (Å²) in [5.41, 5.74) is -1.37. The molecular formula is C18H11BrF4O3. The monoisotopic (exact) mass is 430 g/mol. The van der Waals surface area contributed by atoms with Crippen LogP contribution in [0.25, 0.3) is 11.0 Å². The fourth-order valence-corrected chi connectivity index (χ4v) is 3.17. The molecule has 0 spiro atoms. The third-order valence-corrected chi connectivity index (χ3v) is 4.51. The molecule has 0 bridgehead atoms. The first-order valence-corrected chi connectivity index (χ1v) is 8.28. The maximum atomic E-state index is 13.6. The summed E-state index contributed by atoms with van der Waals surface area (Å²) >= 11 is 2.83. The van der Waals surface area contributed by atoms with Crippen molar-refractivity contribution in [3.63, 3.8) is 0 Å². The van der Waals surface area contributed by atoms with E-state index in [-0.39, 0.29) is 32.3 Å². The van der Waals surface area contributed by atoms with Crippen LogP contribution >= 0.6 is 15.9 Å². The standard InChI is InChI=1S/C18H11BrF4O3/c1-2-13-15(10-7-9(20)3-4-14(10)26-13)16(24)8-5-11(18(21,22)23)17(25)12(19)6-8/h3-7,25H,2H2,1H3. The summed E-state index contributed by atoms with van der Waals surface area (Å²) in [5, 5.41) is 9.82. The number of hydrogen-bond acceptors (Lipinski definition) is 3. The second-order valence-corrected chi connectivity index (χ2v) is 6.43. The molecule has 0 radical (unpaired) electrons. The predicted octanol–water partition coefficient (Wildman–Crippen LogP) is 5.85. The Morgan fingerprint density at radius 1 is 1.23 bits per heavy atom. The van der Waals surface area contributed by atoms with E-state index >= 15 is 0 Å². The van der Waals surface area contributed by atoms with E-state index in [0.717, 1.165) is 12.1 Å². The molecule has 0 amide bonds. The van der Waals surface area contributed by atoms with E-state index in [0.29, 0.717) is 12.5 Å². The largest absolute Gasteiger partial charge is 0.506 e. The molecule has 3 aromatic rings. The van der Waals surface area contributed by atoms with Gasteiger partial charge in [-0.1, -0.05) is 6.92 Å². The molecule has 3 nitrogen and oxygen atoms in total. The van der Waals surface area contributed by atoms with Crippen LogP contribution < -0.4 is 0 Å². The summed E-state index contributed by atoms with van der Waals surface area (Å²) in [5.74, 6) is -2.11. The molecule has 0 unspecified atom stereocenters. The van der Waals surface area contributed by atoms with E-state index in [2.05, 4.69) is 15.9 Å². The Balaban J connectivity index is 2.24. The molecule has 8 heteroatoms. The first kappa shape index (κ1) is 18.4. The Labute approximate surface area is 153 Å². The van der Waals surface area contributed by atoms with Crippen LogP contribution in [0.2, 0.25) is 0 Å². The molecule has 1 N–H and O–H groups in total. The van der Waals surface area contributed by atoms with Gasteiger partial charge in [0, 0.05) is 17.4 Å². The van der Waals surface area contributed by atoms with E-state index in [1.807, 2.05) is 0 Å². The lowest BCUT2D eigenvalue weighted by atomic mass is 9.97. The average molecular weight is 431 g/mol. The van der Waals surface area contributed by atoms with Crippen LogP contribution in [0.5, 0.6) is 5.75 Å². The molecular weight excluding hydrogens is 420 g/mol. The van der Waals surface area contributed by atoms with E-state index in [9.17, 15) is 27.5 Å². The molecule has 0 aliphatic carbocycles. The molecule has 3 rings (SSSR count). The highest BCUT2D eigenvalue weighted by Crippen LogP contribution is 2.41. The Hall–Kier alpha value is -2.35. The lowest BCUT2D eigenvalue weighted by Gasteiger charge is -2.12. The third kappa shape index (κ3) is 3.09. The van der Waals surface area contributed by atoms with Gasteiger partial charge in [-0.2, -0.15) is 13.2 Å². The summed E-state index contributed by atoms with van der Waals surface area (Å²) in [4.78, 5) is 12.9. The van der Waals surface area contributed by atoms with Crippen molar-refractivity contribution in [3.8, 4) is 5.75 Å². The zero-order valence-corrected chi connectivity index (χ0v) is 14.8. The highest BCUT2D eigenvalue weighted by molar-refractivity contribution is 9.10. The maximum Gasteiger partial charge on any atom is 0.420 e. The number of phenolic OH excluding ortho intramolecular Hbond substituents is 1. The van der Waals surface area contributed by atoms with E-state index in [1.54, 1.807) is 6.92 Å². The van der Waals surface area contributed by atoms with Gasteiger partial charge in [-0.15, -0.1) is 0 Å². The Morgan fingerprint density at radius 3 is 2.54 bits per heavy atom. The molecule has 26 heavy (non-hydrogen) atoms. The van der Waals surface area contributed by atoms with Crippen molar-refractivity contribution in [2.75, 3.05) is 0 Å². The topological polar surface area (TPSA) is 50.4 Å². The van der Waals surface area contributed by atoms with Gasteiger partial charge in [0.25, 0.3) is 0 Å². The van der Waals surface area contributed by atoms with E-state index in [4.69, 9.17) is 4.42 Å². The van der Waals surface area contributed by atoms with Crippen LogP contribution in [-0.4, -0.2) is 10.9 Å². The first-order chi connectivity index (χ1) is 12.1. The molecule has 136 valence electrons. The van der Waals surface area contributed by atoms with Crippen LogP contribution in [0.1, 0.15) is 34.2 Å². The van der Waals surface area contributed by atoms with Crippen molar-refractivity contribution in [1.82, 2.24) is 0 Å². The van der Waals surface area contributed by atoms with Crippen LogP contribution in [0, 0.1) is 5.82 Å². The second-order valence-electron chi connectivity index (χ2n) is 5.58. The third-order valence-electron chi connectivity index (χ3n) is 3.90. The maximum absolute atomic E-state index is 13.6. The summed E-state index contributed by atoms with van der Waals surface area (Å²) in [6, 6.07) is 5.28. The summed E-state index contributed by atoms with van der Waals surface area (Å²) < 4.78 is 58.2. The van der Waals surface area contributed by atoms with Gasteiger partial charge in [0.15, 0.2) is 5.78 Å². The minimum Gasteiger partial charge on any atom is -0.506 e. The number of rotatable bonds is 3. The average Bonchev–Trinajstić information content (AvgIpc) is 2.93. The van der Waals surface area contributed by atoms with E-state index in [1.165, 1.54) is 12.1 Å². The molecule has 1 heterocycles. The number of aryl methyl sites for hydroxylation is 1. The fourth-order valence-electron chi connectivity index (χ4n) is 2.71. The highest BCUT2D eigenvalue weighted by atomic mass is 79.9. The van der Waals surface area contributed by atoms with Crippen molar-refractivity contribution < 1.29 is 31.9 Å². The fraction of sp³-hybridized carbons (Fsp3) is 0.167. The normalized spacial score (nSPS) is 11.9. The summed E-state index contributed by atoms with van der Waals surface area (Å²) in [7, 11) is 0. The van der Waals surface area contributed by atoms with Crippen LogP contribution in [0.3, 0.4) is 0 Å². The lowest BCUT2D eigenvalue weighted by Crippen LogP contribution is -2.10.